The third-order valence-electron chi connectivity index (χ3n) is 5.22. The van der Waals surface area contributed by atoms with E-state index >= 15 is 0 Å². The Labute approximate surface area is 160 Å². The Morgan fingerprint density at radius 1 is 1.25 bits per heavy atom. The van der Waals surface area contributed by atoms with E-state index in [1.165, 1.54) is 0 Å². The molecular formula is C19H20F3N5O. The number of likely N-dealkylation sites (N-methyl/N-ethyl adjacent to an activating group) is 1. The van der Waals surface area contributed by atoms with Gasteiger partial charge in [-0.15, -0.1) is 0 Å². The number of nitrogens with one attached hydrogen (secondary N) is 1. The first kappa shape index (κ1) is 18.6. The lowest BCUT2D eigenvalue weighted by Crippen LogP contribution is -2.50. The number of amides is 1. The van der Waals surface area contributed by atoms with Crippen LogP contribution in [0.25, 0.3) is 11.5 Å². The van der Waals surface area contributed by atoms with Crippen molar-refractivity contribution in [1.29, 1.82) is 0 Å². The van der Waals surface area contributed by atoms with Gasteiger partial charge >= 0.3 is 6.18 Å². The maximum atomic E-state index is 13.1. The average molecular weight is 391 g/mol. The monoisotopic (exact) mass is 391 g/mol. The van der Waals surface area contributed by atoms with E-state index in [2.05, 4.69) is 20.3 Å². The average Bonchev–Trinajstić information content (AvgIpc) is 3.29. The molecule has 2 aromatic heterocycles. The number of fused-ring (bicyclic) bond motifs is 1. The number of aryl methyl sites for hydroxylation is 1. The zero-order chi connectivity index (χ0) is 19.9. The van der Waals surface area contributed by atoms with Crippen LogP contribution < -0.4 is 10.2 Å². The molecule has 0 saturated heterocycles. The molecule has 1 amide bonds. The molecule has 1 fully saturated rings. The third kappa shape index (κ3) is 3.41. The van der Waals surface area contributed by atoms with Gasteiger partial charge in [0.15, 0.2) is 5.82 Å². The van der Waals surface area contributed by atoms with Crippen molar-refractivity contribution in [3.63, 3.8) is 0 Å². The van der Waals surface area contributed by atoms with Crippen molar-refractivity contribution in [2.75, 3.05) is 18.5 Å². The van der Waals surface area contributed by atoms with Crippen molar-refractivity contribution in [3.8, 4) is 11.5 Å². The van der Waals surface area contributed by atoms with E-state index in [0.717, 1.165) is 30.5 Å². The molecule has 2 aliphatic rings. The Bertz CT molecular complexity index is 896. The summed E-state index contributed by atoms with van der Waals surface area (Å²) in [5.74, 6) is 0.370. The smallest absolute Gasteiger partial charge is 0.350 e. The number of nitrogens with zero attached hydrogens (tertiary/aromatic N) is 4. The summed E-state index contributed by atoms with van der Waals surface area (Å²) in [6, 6.07) is 5.43. The summed E-state index contributed by atoms with van der Waals surface area (Å²) in [7, 11) is 1.66. The first-order valence-electron chi connectivity index (χ1n) is 9.19. The number of anilines is 1. The van der Waals surface area contributed by atoms with Crippen molar-refractivity contribution in [3.05, 3.63) is 35.7 Å². The van der Waals surface area contributed by atoms with Gasteiger partial charge in [0.2, 0.25) is 5.91 Å². The normalized spacial score (nSPS) is 17.1. The summed E-state index contributed by atoms with van der Waals surface area (Å²) in [5.41, 5.74) is 0.418. The van der Waals surface area contributed by atoms with E-state index in [9.17, 15) is 18.0 Å². The molecule has 1 N–H and O–H groups in total. The highest BCUT2D eigenvalue weighted by Crippen LogP contribution is 2.48. The van der Waals surface area contributed by atoms with Gasteiger partial charge in [-0.25, -0.2) is 9.97 Å². The molecule has 0 atom stereocenters. The maximum absolute atomic E-state index is 13.1. The van der Waals surface area contributed by atoms with Gasteiger partial charge in [-0.2, -0.15) is 13.2 Å². The van der Waals surface area contributed by atoms with E-state index in [4.69, 9.17) is 0 Å². The van der Waals surface area contributed by atoms with E-state index in [1.54, 1.807) is 30.3 Å². The van der Waals surface area contributed by atoms with Crippen molar-refractivity contribution in [2.24, 2.45) is 0 Å². The Hall–Kier alpha value is -2.71. The first-order valence-corrected chi connectivity index (χ1v) is 9.19. The van der Waals surface area contributed by atoms with Gasteiger partial charge in [-0.3, -0.25) is 9.78 Å². The minimum Gasteiger partial charge on any atom is -0.350 e. The van der Waals surface area contributed by atoms with Crippen LogP contribution in [-0.2, 0) is 17.6 Å². The minimum absolute atomic E-state index is 0.0707. The Kier molecular flexibility index (Phi) is 4.47. The molecular weight excluding hydrogens is 371 g/mol. The number of hydrogen-bond donors (Lipinski definition) is 1. The topological polar surface area (TPSA) is 71.0 Å². The Morgan fingerprint density at radius 2 is 2.04 bits per heavy atom. The zero-order valence-electron chi connectivity index (χ0n) is 15.4. The second-order valence-corrected chi connectivity index (χ2v) is 7.35. The lowest BCUT2D eigenvalue weighted by molar-refractivity contribution is -0.170. The number of carbonyl (C=O) groups excluding carboxylic acids is 1. The number of pyridine rings is 1. The van der Waals surface area contributed by atoms with Crippen LogP contribution in [-0.4, -0.2) is 46.2 Å². The van der Waals surface area contributed by atoms with Crippen LogP contribution in [0.15, 0.2) is 24.4 Å². The molecule has 0 spiro atoms. The molecule has 4 rings (SSSR count). The summed E-state index contributed by atoms with van der Waals surface area (Å²) >= 11 is 0. The summed E-state index contributed by atoms with van der Waals surface area (Å²) < 4.78 is 39.2. The molecule has 0 aliphatic heterocycles. The third-order valence-corrected chi connectivity index (χ3v) is 5.22. The fourth-order valence-corrected chi connectivity index (χ4v) is 3.54. The van der Waals surface area contributed by atoms with Gasteiger partial charge in [-0.1, -0.05) is 6.07 Å². The van der Waals surface area contributed by atoms with Crippen LogP contribution in [0.4, 0.5) is 19.0 Å². The van der Waals surface area contributed by atoms with E-state index < -0.39 is 17.6 Å². The largest absolute Gasteiger partial charge is 0.411 e. The second-order valence-electron chi connectivity index (χ2n) is 7.35. The minimum atomic E-state index is -4.43. The summed E-state index contributed by atoms with van der Waals surface area (Å²) in [5, 5.41) is 2.16. The molecule has 28 heavy (non-hydrogen) atoms. The van der Waals surface area contributed by atoms with E-state index in [1.807, 2.05) is 6.07 Å². The number of rotatable bonds is 5. The molecule has 2 aromatic rings. The van der Waals surface area contributed by atoms with Crippen LogP contribution in [0, 0.1) is 0 Å². The van der Waals surface area contributed by atoms with Crippen molar-refractivity contribution < 1.29 is 18.0 Å². The van der Waals surface area contributed by atoms with Gasteiger partial charge in [0, 0.05) is 24.5 Å². The number of carbonyl (C=O) groups is 1. The lowest BCUT2D eigenvalue weighted by atomic mass is 10.2. The fourth-order valence-electron chi connectivity index (χ4n) is 3.54. The van der Waals surface area contributed by atoms with E-state index in [0.29, 0.717) is 17.3 Å². The highest BCUT2D eigenvalue weighted by atomic mass is 19.4. The standard InChI is InChI=1S/C19H20F3N5O/c1-27(11-15(28)26-18(8-9-18)19(20,21)22)17-12-5-4-7-13(12)24-16(25-17)14-6-2-3-10-23-14/h2-3,6,10H,4-5,7-9,11H2,1H3,(H,26,28). The molecule has 1 saturated carbocycles. The predicted molar refractivity (Wildman–Crippen MR) is 96.7 cm³/mol. The van der Waals surface area contributed by atoms with Crippen molar-refractivity contribution in [2.45, 2.75) is 43.8 Å². The summed E-state index contributed by atoms with van der Waals surface area (Å²) in [6.45, 7) is -0.205. The van der Waals surface area contributed by atoms with Crippen molar-refractivity contribution in [1.82, 2.24) is 20.3 Å². The maximum Gasteiger partial charge on any atom is 0.411 e. The number of halogens is 3. The SMILES string of the molecule is CN(CC(=O)NC1(C(F)(F)F)CC1)c1nc(-c2ccccn2)nc2c1CCC2. The molecule has 0 aromatic carbocycles. The van der Waals surface area contributed by atoms with Gasteiger partial charge < -0.3 is 10.2 Å². The predicted octanol–water partition coefficient (Wildman–Crippen LogP) is 2.67. The molecule has 9 heteroatoms. The number of aromatic nitrogens is 3. The summed E-state index contributed by atoms with van der Waals surface area (Å²) in [6.07, 6.45) is -0.399. The molecule has 2 heterocycles. The number of alkyl halides is 3. The van der Waals surface area contributed by atoms with Gasteiger partial charge in [-0.05, 0) is 44.2 Å². The van der Waals surface area contributed by atoms with Gasteiger partial charge in [0.1, 0.15) is 17.1 Å². The molecule has 0 bridgehead atoms. The van der Waals surface area contributed by atoms with Crippen molar-refractivity contribution >= 4 is 11.7 Å². The van der Waals surface area contributed by atoms with Crippen LogP contribution in [0.2, 0.25) is 0 Å². The fraction of sp³-hybridized carbons (Fsp3) is 0.474. The van der Waals surface area contributed by atoms with Crippen LogP contribution in [0.3, 0.4) is 0 Å². The molecule has 0 radical (unpaired) electrons. The molecule has 2 aliphatic carbocycles. The van der Waals surface area contributed by atoms with Gasteiger partial charge in [0.25, 0.3) is 0 Å². The molecule has 0 unspecified atom stereocenters. The second kappa shape index (κ2) is 6.72. The highest BCUT2D eigenvalue weighted by molar-refractivity contribution is 5.82. The zero-order valence-corrected chi connectivity index (χ0v) is 15.4. The lowest BCUT2D eigenvalue weighted by Gasteiger charge is -2.24. The summed E-state index contributed by atoms with van der Waals surface area (Å²) in [4.78, 5) is 27.3. The van der Waals surface area contributed by atoms with E-state index in [-0.39, 0.29) is 19.4 Å². The van der Waals surface area contributed by atoms with Crippen LogP contribution in [0.1, 0.15) is 30.5 Å². The quantitative estimate of drug-likeness (QED) is 0.849. The van der Waals surface area contributed by atoms with Crippen LogP contribution >= 0.6 is 0 Å². The van der Waals surface area contributed by atoms with Crippen LogP contribution in [0.5, 0.6) is 0 Å². The first-order chi connectivity index (χ1) is 13.3. The Balaban J connectivity index is 1.56. The van der Waals surface area contributed by atoms with Gasteiger partial charge in [0.05, 0.1) is 6.54 Å². The number of hydrogen-bond acceptors (Lipinski definition) is 5. The highest BCUT2D eigenvalue weighted by Gasteiger charge is 2.64. The molecule has 148 valence electrons. The Morgan fingerprint density at radius 3 is 2.68 bits per heavy atom. The molecule has 6 nitrogen and oxygen atoms in total.